The van der Waals surface area contributed by atoms with E-state index in [1.807, 2.05) is 6.07 Å². The summed E-state index contributed by atoms with van der Waals surface area (Å²) in [6, 6.07) is 4.22. The zero-order valence-electron chi connectivity index (χ0n) is 23.8. The number of fused-ring (bicyclic) bond motifs is 1. The molecule has 1 fully saturated rings. The number of nitrogens with one attached hydrogen (secondary N) is 3. The van der Waals surface area contributed by atoms with E-state index in [-0.39, 0.29) is 34.9 Å². The van der Waals surface area contributed by atoms with Crippen molar-refractivity contribution in [2.75, 3.05) is 17.2 Å². The van der Waals surface area contributed by atoms with Crippen molar-refractivity contribution in [3.8, 4) is 0 Å². The molecule has 0 radical (unpaired) electrons. The summed E-state index contributed by atoms with van der Waals surface area (Å²) in [6.45, 7) is 17.6. The highest BCUT2D eigenvalue weighted by Crippen LogP contribution is 2.36. The number of hydrogen-bond donors (Lipinski definition) is 3. The van der Waals surface area contributed by atoms with Crippen LogP contribution in [0, 0.1) is 5.92 Å². The SMILES string of the molecule is CC(=O)N[C@@H]1CCCC(C(=O)Nc2cc3c(NC(C)C)nc(CCO[Si](C)(C)C(C)(C)C)cc3cn2)C1. The summed E-state index contributed by atoms with van der Waals surface area (Å²) >= 11 is 0. The molecule has 0 aliphatic heterocycles. The number of anilines is 2. The lowest BCUT2D eigenvalue weighted by atomic mass is 9.85. The number of hydrogen-bond acceptors (Lipinski definition) is 6. The predicted octanol–water partition coefficient (Wildman–Crippen LogP) is 5.65. The van der Waals surface area contributed by atoms with Gasteiger partial charge in [-0.1, -0.05) is 27.2 Å². The van der Waals surface area contributed by atoms with Crippen molar-refractivity contribution >= 4 is 42.5 Å². The van der Waals surface area contributed by atoms with E-state index in [9.17, 15) is 9.59 Å². The molecule has 2 aromatic heterocycles. The fraction of sp³-hybridized carbons (Fsp3) is 0.643. The van der Waals surface area contributed by atoms with Crippen LogP contribution in [0.5, 0.6) is 0 Å². The van der Waals surface area contributed by atoms with Crippen LogP contribution in [0.2, 0.25) is 18.1 Å². The summed E-state index contributed by atoms with van der Waals surface area (Å²) in [6.07, 6.45) is 5.83. The Hall–Kier alpha value is -2.52. The van der Waals surface area contributed by atoms with Crippen molar-refractivity contribution in [3.05, 3.63) is 24.0 Å². The molecular formula is C28H45N5O3Si. The minimum atomic E-state index is -1.82. The first kappa shape index (κ1) is 29.0. The van der Waals surface area contributed by atoms with Crippen LogP contribution in [0.3, 0.4) is 0 Å². The van der Waals surface area contributed by atoms with E-state index in [0.29, 0.717) is 18.8 Å². The normalized spacial score (nSPS) is 18.6. The van der Waals surface area contributed by atoms with Gasteiger partial charge in [0.25, 0.3) is 0 Å². The number of carbonyl (C=O) groups excluding carboxylic acids is 2. The molecule has 1 aliphatic rings. The molecule has 0 bridgehead atoms. The zero-order valence-corrected chi connectivity index (χ0v) is 24.8. The van der Waals surface area contributed by atoms with Crippen LogP contribution in [-0.2, 0) is 20.4 Å². The van der Waals surface area contributed by atoms with Crippen LogP contribution in [0.15, 0.2) is 18.3 Å². The van der Waals surface area contributed by atoms with Crippen LogP contribution in [0.4, 0.5) is 11.6 Å². The monoisotopic (exact) mass is 527 g/mol. The Bertz CT molecular complexity index is 1110. The van der Waals surface area contributed by atoms with E-state index >= 15 is 0 Å². The first-order valence-corrected chi connectivity index (χ1v) is 16.4. The largest absolute Gasteiger partial charge is 0.416 e. The van der Waals surface area contributed by atoms with Crippen molar-refractivity contribution in [1.82, 2.24) is 15.3 Å². The first-order valence-electron chi connectivity index (χ1n) is 13.5. The van der Waals surface area contributed by atoms with Gasteiger partial charge in [-0.05, 0) is 63.4 Å². The smallest absolute Gasteiger partial charge is 0.228 e. The molecule has 2 heterocycles. The summed E-state index contributed by atoms with van der Waals surface area (Å²) in [5.41, 5.74) is 0.958. The molecule has 204 valence electrons. The molecule has 1 unspecified atom stereocenters. The number of carbonyl (C=O) groups is 2. The van der Waals surface area contributed by atoms with Crippen molar-refractivity contribution in [3.63, 3.8) is 0 Å². The van der Waals surface area contributed by atoms with Gasteiger partial charge >= 0.3 is 0 Å². The summed E-state index contributed by atoms with van der Waals surface area (Å²) < 4.78 is 6.37. The summed E-state index contributed by atoms with van der Waals surface area (Å²) in [5.74, 6) is 1.06. The van der Waals surface area contributed by atoms with Gasteiger partial charge in [0.15, 0.2) is 8.32 Å². The Balaban J connectivity index is 1.76. The second-order valence-corrected chi connectivity index (χ2v) is 17.0. The maximum absolute atomic E-state index is 13.0. The van der Waals surface area contributed by atoms with Crippen molar-refractivity contribution in [1.29, 1.82) is 0 Å². The minimum absolute atomic E-state index is 0.0485. The van der Waals surface area contributed by atoms with Gasteiger partial charge in [-0.25, -0.2) is 9.97 Å². The van der Waals surface area contributed by atoms with Crippen LogP contribution >= 0.6 is 0 Å². The van der Waals surface area contributed by atoms with Crippen LogP contribution in [0.25, 0.3) is 10.8 Å². The van der Waals surface area contributed by atoms with Crippen molar-refractivity contribution < 1.29 is 14.0 Å². The molecule has 0 saturated heterocycles. The third-order valence-corrected chi connectivity index (χ3v) is 12.1. The molecule has 1 aliphatic carbocycles. The first-order chi connectivity index (χ1) is 17.2. The Morgan fingerprint density at radius 1 is 1.19 bits per heavy atom. The highest BCUT2D eigenvalue weighted by molar-refractivity contribution is 6.74. The van der Waals surface area contributed by atoms with Crippen LogP contribution in [0.1, 0.15) is 72.9 Å². The van der Waals surface area contributed by atoms with Gasteiger partial charge in [-0.2, -0.15) is 0 Å². The van der Waals surface area contributed by atoms with Gasteiger partial charge in [0, 0.05) is 60.6 Å². The summed E-state index contributed by atoms with van der Waals surface area (Å²) in [5, 5.41) is 11.5. The summed E-state index contributed by atoms with van der Waals surface area (Å²) in [4.78, 5) is 33.9. The van der Waals surface area contributed by atoms with Crippen molar-refractivity contribution in [2.24, 2.45) is 5.92 Å². The number of pyridine rings is 2. The van der Waals surface area contributed by atoms with Gasteiger partial charge in [0.1, 0.15) is 11.6 Å². The number of nitrogens with zero attached hydrogens (tertiary/aromatic N) is 2. The molecule has 2 atom stereocenters. The average molecular weight is 528 g/mol. The van der Waals surface area contributed by atoms with Crippen LogP contribution < -0.4 is 16.0 Å². The highest BCUT2D eigenvalue weighted by atomic mass is 28.4. The number of aromatic nitrogens is 2. The lowest BCUT2D eigenvalue weighted by molar-refractivity contribution is -0.123. The fourth-order valence-electron chi connectivity index (χ4n) is 4.48. The second-order valence-electron chi connectivity index (χ2n) is 12.2. The molecule has 0 spiro atoms. The van der Waals surface area contributed by atoms with Crippen molar-refractivity contribution in [2.45, 2.75) is 104 Å². The third-order valence-electron chi connectivity index (χ3n) is 7.52. The topological polar surface area (TPSA) is 105 Å². The Kier molecular flexibility index (Phi) is 9.34. The molecule has 3 rings (SSSR count). The number of rotatable bonds is 9. The summed E-state index contributed by atoms with van der Waals surface area (Å²) in [7, 11) is -1.82. The molecule has 9 heteroatoms. The molecule has 2 amide bonds. The van der Waals surface area contributed by atoms with Gasteiger partial charge in [0.05, 0.1) is 0 Å². The lowest BCUT2D eigenvalue weighted by Gasteiger charge is -2.36. The van der Waals surface area contributed by atoms with E-state index in [4.69, 9.17) is 9.41 Å². The van der Waals surface area contributed by atoms with E-state index in [2.05, 4.69) is 74.7 Å². The molecule has 3 N–H and O–H groups in total. The maximum Gasteiger partial charge on any atom is 0.228 e. The Labute approximate surface area is 222 Å². The fourth-order valence-corrected chi connectivity index (χ4v) is 5.53. The highest BCUT2D eigenvalue weighted by Gasteiger charge is 2.37. The standard InChI is InChI=1S/C28H45N5O3Si/c1-18(2)30-26-24-16-25(33-27(35)20-10-9-11-22(14-20)31-19(3)34)29-17-21(24)15-23(32-26)12-13-36-37(7,8)28(4,5)6/h15-18,20,22H,9-14H2,1-8H3,(H,30,32)(H,31,34)(H,29,33,35)/t20?,22-/m1/s1. The van der Waals surface area contributed by atoms with Gasteiger partial charge < -0.3 is 20.4 Å². The molecule has 2 aromatic rings. The number of amides is 2. The predicted molar refractivity (Wildman–Crippen MR) is 153 cm³/mol. The third kappa shape index (κ3) is 7.98. The molecule has 8 nitrogen and oxygen atoms in total. The lowest BCUT2D eigenvalue weighted by Crippen LogP contribution is -2.41. The zero-order chi connectivity index (χ0) is 27.4. The van der Waals surface area contributed by atoms with E-state index in [0.717, 1.165) is 48.0 Å². The van der Waals surface area contributed by atoms with E-state index < -0.39 is 8.32 Å². The van der Waals surface area contributed by atoms with Gasteiger partial charge in [0.2, 0.25) is 11.8 Å². The molecule has 37 heavy (non-hydrogen) atoms. The van der Waals surface area contributed by atoms with Gasteiger partial charge in [-0.15, -0.1) is 0 Å². The average Bonchev–Trinajstić information content (AvgIpc) is 2.78. The van der Waals surface area contributed by atoms with Gasteiger partial charge in [-0.3, -0.25) is 9.59 Å². The van der Waals surface area contributed by atoms with Crippen LogP contribution in [-0.4, -0.2) is 48.8 Å². The Morgan fingerprint density at radius 3 is 2.57 bits per heavy atom. The molecular weight excluding hydrogens is 482 g/mol. The van der Waals surface area contributed by atoms with E-state index in [1.165, 1.54) is 6.92 Å². The molecule has 0 aromatic carbocycles. The maximum atomic E-state index is 13.0. The minimum Gasteiger partial charge on any atom is -0.416 e. The van der Waals surface area contributed by atoms with E-state index in [1.54, 1.807) is 6.20 Å². The molecule has 1 saturated carbocycles. The second kappa shape index (κ2) is 11.9. The quantitative estimate of drug-likeness (QED) is 0.364. The Morgan fingerprint density at radius 2 is 1.92 bits per heavy atom.